The summed E-state index contributed by atoms with van der Waals surface area (Å²) < 4.78 is 5.51. The summed E-state index contributed by atoms with van der Waals surface area (Å²) in [5, 5.41) is 0. The lowest BCUT2D eigenvalue weighted by Gasteiger charge is -2.38. The van der Waals surface area contributed by atoms with Crippen molar-refractivity contribution in [1.29, 1.82) is 0 Å². The molecule has 2 unspecified atom stereocenters. The van der Waals surface area contributed by atoms with Crippen LogP contribution in [0.4, 0.5) is 11.5 Å². The van der Waals surface area contributed by atoms with E-state index < -0.39 is 0 Å². The lowest BCUT2D eigenvalue weighted by Crippen LogP contribution is -2.47. The van der Waals surface area contributed by atoms with Gasteiger partial charge in [-0.1, -0.05) is 24.3 Å². The first-order chi connectivity index (χ1) is 12.2. The third-order valence-electron chi connectivity index (χ3n) is 5.08. The zero-order valence-corrected chi connectivity index (χ0v) is 16.4. The van der Waals surface area contributed by atoms with Gasteiger partial charge in [0.05, 0.1) is 6.10 Å². The van der Waals surface area contributed by atoms with Crippen molar-refractivity contribution in [1.82, 2.24) is 9.88 Å². The number of ether oxygens (including phenoxy) is 1. The van der Waals surface area contributed by atoms with Crippen LogP contribution in [0, 0.1) is 0 Å². The number of rotatable bonds is 6. The third-order valence-corrected chi connectivity index (χ3v) is 5.08. The van der Waals surface area contributed by atoms with E-state index in [2.05, 4.69) is 39.0 Å². The molecule has 2 aromatic rings. The number of methoxy groups -OCH3 is 1. The van der Waals surface area contributed by atoms with Crippen LogP contribution in [-0.4, -0.2) is 49.3 Å². The topological polar surface area (TPSA) is 54.6 Å². The Balaban J connectivity index is 0.00000243. The van der Waals surface area contributed by atoms with Crippen molar-refractivity contribution in [2.45, 2.75) is 31.5 Å². The van der Waals surface area contributed by atoms with Crippen molar-refractivity contribution in [3.05, 3.63) is 54.2 Å². The largest absolute Gasteiger partial charge is 0.381 e. The number of nitrogens with zero attached hydrogens (tertiary/aromatic N) is 3. The molecular weight excluding hydrogens is 348 g/mol. The van der Waals surface area contributed by atoms with Gasteiger partial charge in [0.1, 0.15) is 5.82 Å². The predicted molar refractivity (Wildman–Crippen MR) is 109 cm³/mol. The molecule has 1 aromatic heterocycles. The van der Waals surface area contributed by atoms with Crippen LogP contribution in [0.2, 0.25) is 0 Å². The molecule has 3 rings (SSSR count). The number of hydrogen-bond acceptors (Lipinski definition) is 5. The number of benzene rings is 1. The lowest BCUT2D eigenvalue weighted by atomic mass is 9.98. The molecule has 5 nitrogen and oxygen atoms in total. The van der Waals surface area contributed by atoms with Gasteiger partial charge in [0, 0.05) is 51.7 Å². The van der Waals surface area contributed by atoms with E-state index in [1.54, 1.807) is 7.11 Å². The SMILES string of the molecule is COC1CCN(Cc2ccc(N(C)c3ccccc3)nc2)C(CN)C1.Cl. The molecule has 0 bridgehead atoms. The quantitative estimate of drug-likeness (QED) is 0.838. The van der Waals surface area contributed by atoms with E-state index in [1.807, 2.05) is 31.4 Å². The second-order valence-corrected chi connectivity index (χ2v) is 6.66. The average Bonchev–Trinajstić information content (AvgIpc) is 2.69. The third kappa shape index (κ3) is 4.95. The summed E-state index contributed by atoms with van der Waals surface area (Å²) in [6, 6.07) is 14.9. The Morgan fingerprint density at radius 3 is 2.62 bits per heavy atom. The number of likely N-dealkylation sites (tertiary alicyclic amines) is 1. The fraction of sp³-hybridized carbons (Fsp3) is 0.450. The molecule has 0 saturated carbocycles. The molecule has 2 N–H and O–H groups in total. The number of para-hydroxylation sites is 1. The Kier molecular flexibility index (Phi) is 7.85. The Morgan fingerprint density at radius 1 is 1.23 bits per heavy atom. The Hall–Kier alpha value is -1.66. The molecule has 0 amide bonds. The van der Waals surface area contributed by atoms with E-state index in [0.717, 1.165) is 37.4 Å². The van der Waals surface area contributed by atoms with Crippen LogP contribution in [0.5, 0.6) is 0 Å². The van der Waals surface area contributed by atoms with Gasteiger partial charge in [-0.05, 0) is 36.6 Å². The highest BCUT2D eigenvalue weighted by atomic mass is 35.5. The highest BCUT2D eigenvalue weighted by Gasteiger charge is 2.27. The highest BCUT2D eigenvalue weighted by molar-refractivity contribution is 5.85. The monoisotopic (exact) mass is 376 g/mol. The van der Waals surface area contributed by atoms with E-state index in [9.17, 15) is 0 Å². The van der Waals surface area contributed by atoms with E-state index >= 15 is 0 Å². The maximum absolute atomic E-state index is 5.97. The van der Waals surface area contributed by atoms with Gasteiger partial charge in [-0.2, -0.15) is 0 Å². The molecule has 1 aliphatic rings. The fourth-order valence-corrected chi connectivity index (χ4v) is 3.46. The minimum atomic E-state index is 0. The highest BCUT2D eigenvalue weighted by Crippen LogP contribution is 2.23. The molecule has 0 radical (unpaired) electrons. The predicted octanol–water partition coefficient (Wildman–Crippen LogP) is 3.21. The number of hydrogen-bond donors (Lipinski definition) is 1. The summed E-state index contributed by atoms with van der Waals surface area (Å²) in [4.78, 5) is 9.19. The van der Waals surface area contributed by atoms with Crippen LogP contribution >= 0.6 is 12.4 Å². The second-order valence-electron chi connectivity index (χ2n) is 6.66. The molecule has 142 valence electrons. The van der Waals surface area contributed by atoms with Crippen LogP contribution in [-0.2, 0) is 11.3 Å². The number of nitrogens with two attached hydrogens (primary N) is 1. The molecule has 0 spiro atoms. The number of anilines is 2. The molecule has 6 heteroatoms. The Morgan fingerprint density at radius 2 is 2.00 bits per heavy atom. The smallest absolute Gasteiger partial charge is 0.132 e. The average molecular weight is 377 g/mol. The lowest BCUT2D eigenvalue weighted by molar-refractivity contribution is 0.0102. The first-order valence-electron chi connectivity index (χ1n) is 8.92. The van der Waals surface area contributed by atoms with Gasteiger partial charge in [0.15, 0.2) is 0 Å². The first-order valence-corrected chi connectivity index (χ1v) is 8.92. The Bertz CT molecular complexity index is 653. The van der Waals surface area contributed by atoms with Crippen LogP contribution in [0.3, 0.4) is 0 Å². The van der Waals surface area contributed by atoms with Crippen molar-refractivity contribution >= 4 is 23.9 Å². The summed E-state index contributed by atoms with van der Waals surface area (Å²) in [5.41, 5.74) is 8.33. The Labute approximate surface area is 162 Å². The van der Waals surface area contributed by atoms with Gasteiger partial charge in [0.2, 0.25) is 0 Å². The van der Waals surface area contributed by atoms with Gasteiger partial charge in [-0.25, -0.2) is 4.98 Å². The summed E-state index contributed by atoms with van der Waals surface area (Å²) in [5.74, 6) is 0.948. The normalized spacial score (nSPS) is 20.4. The van der Waals surface area contributed by atoms with E-state index in [1.165, 1.54) is 5.56 Å². The minimum absolute atomic E-state index is 0. The summed E-state index contributed by atoms with van der Waals surface area (Å²) in [6.45, 7) is 2.58. The van der Waals surface area contributed by atoms with Crippen LogP contribution in [0.15, 0.2) is 48.7 Å². The van der Waals surface area contributed by atoms with Crippen LogP contribution < -0.4 is 10.6 Å². The molecule has 0 aliphatic carbocycles. The maximum Gasteiger partial charge on any atom is 0.132 e. The van der Waals surface area contributed by atoms with E-state index in [0.29, 0.717) is 18.7 Å². The van der Waals surface area contributed by atoms with Gasteiger partial charge in [-0.3, -0.25) is 4.90 Å². The van der Waals surface area contributed by atoms with Gasteiger partial charge < -0.3 is 15.4 Å². The molecular formula is C20H29ClN4O. The number of pyridine rings is 1. The molecule has 1 fully saturated rings. The minimum Gasteiger partial charge on any atom is -0.381 e. The molecule has 26 heavy (non-hydrogen) atoms. The van der Waals surface area contributed by atoms with Crippen LogP contribution in [0.1, 0.15) is 18.4 Å². The van der Waals surface area contributed by atoms with Crippen molar-refractivity contribution in [3.63, 3.8) is 0 Å². The van der Waals surface area contributed by atoms with Crippen LogP contribution in [0.25, 0.3) is 0 Å². The van der Waals surface area contributed by atoms with Gasteiger partial charge >= 0.3 is 0 Å². The number of halogens is 1. The zero-order chi connectivity index (χ0) is 17.6. The van der Waals surface area contributed by atoms with Crippen molar-refractivity contribution in [2.24, 2.45) is 5.73 Å². The molecule has 1 aliphatic heterocycles. The standard InChI is InChI=1S/C20H28N4O.ClH/c1-23(17-6-4-3-5-7-17)20-9-8-16(14-22-20)15-24-11-10-19(25-2)12-18(24)13-21;/h3-9,14,18-19H,10-13,15,21H2,1-2H3;1H. The molecule has 1 saturated heterocycles. The molecule has 2 atom stereocenters. The zero-order valence-electron chi connectivity index (χ0n) is 15.5. The van der Waals surface area contributed by atoms with Gasteiger partial charge in [-0.15, -0.1) is 12.4 Å². The summed E-state index contributed by atoms with van der Waals surface area (Å²) >= 11 is 0. The first kappa shape index (κ1) is 20.6. The van der Waals surface area contributed by atoms with Crippen molar-refractivity contribution in [2.75, 3.05) is 32.1 Å². The summed E-state index contributed by atoms with van der Waals surface area (Å²) in [6.07, 6.45) is 4.39. The number of aromatic nitrogens is 1. The van der Waals surface area contributed by atoms with Crippen molar-refractivity contribution < 1.29 is 4.74 Å². The van der Waals surface area contributed by atoms with E-state index in [-0.39, 0.29) is 12.4 Å². The fourth-order valence-electron chi connectivity index (χ4n) is 3.46. The number of piperidine rings is 1. The maximum atomic E-state index is 5.97. The molecule has 2 heterocycles. The van der Waals surface area contributed by atoms with E-state index in [4.69, 9.17) is 10.5 Å². The molecule has 1 aromatic carbocycles. The summed E-state index contributed by atoms with van der Waals surface area (Å²) in [7, 11) is 3.83. The van der Waals surface area contributed by atoms with Crippen molar-refractivity contribution in [3.8, 4) is 0 Å². The van der Waals surface area contributed by atoms with Gasteiger partial charge in [0.25, 0.3) is 0 Å². The second kappa shape index (κ2) is 9.88.